The van der Waals surface area contributed by atoms with Crippen molar-refractivity contribution in [2.75, 3.05) is 18.1 Å². The Hall–Kier alpha value is -1.52. The zero-order chi connectivity index (χ0) is 23.2. The monoisotopic (exact) mass is 506 g/mol. The molecular formula is C10H17N6O12P3. The number of aromatic nitrogens is 4. The number of phosphoric ester groups is 1. The number of nitrogens with zero attached hydrogens (tertiary/aromatic N) is 4. The van der Waals surface area contributed by atoms with Crippen LogP contribution in [-0.2, 0) is 31.6 Å². The quantitative estimate of drug-likeness (QED) is 0.211. The molecule has 3 rings (SSSR count). The number of phosphoric acid groups is 3. The summed E-state index contributed by atoms with van der Waals surface area (Å²) in [4.78, 5) is 47.4. The van der Waals surface area contributed by atoms with E-state index in [1.807, 2.05) is 0 Å². The van der Waals surface area contributed by atoms with Crippen molar-refractivity contribution in [2.24, 2.45) is 0 Å². The van der Waals surface area contributed by atoms with E-state index >= 15 is 0 Å². The van der Waals surface area contributed by atoms with E-state index in [0.717, 1.165) is 0 Å². The summed E-state index contributed by atoms with van der Waals surface area (Å²) in [5.41, 5.74) is 11.7. The Kier molecular flexibility index (Phi) is 6.57. The van der Waals surface area contributed by atoms with Crippen LogP contribution < -0.4 is 11.5 Å². The molecule has 0 amide bonds. The molecule has 1 fully saturated rings. The second-order valence-corrected chi connectivity index (χ2v) is 10.5. The van der Waals surface area contributed by atoms with Crippen molar-refractivity contribution in [1.82, 2.24) is 19.5 Å². The summed E-state index contributed by atoms with van der Waals surface area (Å²) in [7, 11) is -16.5. The van der Waals surface area contributed by atoms with Gasteiger partial charge in [-0.25, -0.2) is 18.7 Å². The number of nitrogen functional groups attached to an aromatic ring is 2. The van der Waals surface area contributed by atoms with Crippen LogP contribution in [0.3, 0.4) is 0 Å². The molecule has 174 valence electrons. The largest absolute Gasteiger partial charge is 0.490 e. The molecule has 1 aliphatic heterocycles. The first-order valence-electron chi connectivity index (χ1n) is 8.03. The lowest BCUT2D eigenvalue weighted by Crippen LogP contribution is -2.26. The molecular weight excluding hydrogens is 489 g/mol. The summed E-state index contributed by atoms with van der Waals surface area (Å²) in [6, 6.07) is 0. The molecule has 0 aromatic carbocycles. The number of imidazole rings is 1. The molecule has 3 heterocycles. The standard InChI is InChI=1S/C10H17N6O12P3/c11-8-7-9(15-10(12)14-8)16(3-13-7)6-1-4(17)5(26-6)2-25-30(21,22)28-31(23,24)27-29(18,19)20/h3-6,17H,1-2H2,(H,21,22)(H,23,24)(H2,18,19,20)(H4,11,12,14,15)/t4-,5+,6+/m0/s1. The van der Waals surface area contributed by atoms with Crippen LogP contribution >= 0.6 is 23.5 Å². The molecule has 0 aliphatic carbocycles. The summed E-state index contributed by atoms with van der Waals surface area (Å²) >= 11 is 0. The van der Waals surface area contributed by atoms with E-state index in [2.05, 4.69) is 28.1 Å². The molecule has 1 saturated heterocycles. The van der Waals surface area contributed by atoms with E-state index in [1.165, 1.54) is 10.9 Å². The van der Waals surface area contributed by atoms with Crippen LogP contribution in [0.1, 0.15) is 12.6 Å². The van der Waals surface area contributed by atoms with Crippen LogP contribution in [0.2, 0.25) is 0 Å². The summed E-state index contributed by atoms with van der Waals surface area (Å²) in [6.45, 7) is -0.812. The lowest BCUT2D eigenvalue weighted by molar-refractivity contribution is -0.0423. The number of aliphatic hydroxyl groups is 1. The van der Waals surface area contributed by atoms with Crippen LogP contribution in [0.15, 0.2) is 6.33 Å². The number of hydrogen-bond donors (Lipinski definition) is 7. The number of aliphatic hydroxyl groups excluding tert-OH is 1. The van der Waals surface area contributed by atoms with Gasteiger partial charge in [-0.05, 0) is 0 Å². The average molecular weight is 506 g/mol. The maximum Gasteiger partial charge on any atom is 0.490 e. The highest BCUT2D eigenvalue weighted by Gasteiger charge is 2.43. The Labute approximate surface area is 172 Å². The van der Waals surface area contributed by atoms with Crippen molar-refractivity contribution in [1.29, 1.82) is 0 Å². The van der Waals surface area contributed by atoms with Crippen molar-refractivity contribution < 1.29 is 56.3 Å². The van der Waals surface area contributed by atoms with Gasteiger partial charge in [0, 0.05) is 6.42 Å². The Bertz CT molecular complexity index is 1120. The number of hydrogen-bond acceptors (Lipinski definition) is 13. The molecule has 1 aliphatic rings. The molecule has 0 radical (unpaired) electrons. The van der Waals surface area contributed by atoms with Crippen molar-refractivity contribution in [3.63, 3.8) is 0 Å². The van der Waals surface area contributed by atoms with Gasteiger partial charge in [-0.3, -0.25) is 9.09 Å². The van der Waals surface area contributed by atoms with Crippen LogP contribution in [-0.4, -0.2) is 63.0 Å². The third-order valence-corrected chi connectivity index (χ3v) is 7.60. The molecule has 0 saturated carbocycles. The lowest BCUT2D eigenvalue weighted by Gasteiger charge is -2.19. The molecule has 9 N–H and O–H groups in total. The summed E-state index contributed by atoms with van der Waals surface area (Å²) in [5, 5.41) is 10.2. The van der Waals surface area contributed by atoms with Crippen molar-refractivity contribution in [3.05, 3.63) is 6.33 Å². The first-order valence-corrected chi connectivity index (χ1v) is 12.6. The van der Waals surface area contributed by atoms with Crippen molar-refractivity contribution in [2.45, 2.75) is 24.9 Å². The zero-order valence-corrected chi connectivity index (χ0v) is 17.8. The third kappa shape index (κ3) is 6.04. The van der Waals surface area contributed by atoms with Gasteiger partial charge < -0.3 is 40.9 Å². The van der Waals surface area contributed by atoms with E-state index in [-0.39, 0.29) is 29.4 Å². The first kappa shape index (κ1) is 24.1. The van der Waals surface area contributed by atoms with Crippen molar-refractivity contribution in [3.8, 4) is 0 Å². The summed E-state index contributed by atoms with van der Waals surface area (Å²) in [5.74, 6) is -0.112. The Morgan fingerprint density at radius 1 is 1.13 bits per heavy atom. The molecule has 2 unspecified atom stereocenters. The molecule has 2 aromatic heterocycles. The highest BCUT2D eigenvalue weighted by atomic mass is 31.3. The lowest BCUT2D eigenvalue weighted by atomic mass is 10.2. The maximum atomic E-state index is 11.8. The van der Waals surface area contributed by atoms with Gasteiger partial charge in [0.15, 0.2) is 11.5 Å². The average Bonchev–Trinajstić information content (AvgIpc) is 3.13. The Balaban J connectivity index is 1.66. The molecule has 0 bridgehead atoms. The van der Waals surface area contributed by atoms with Crippen LogP contribution in [0.5, 0.6) is 0 Å². The first-order chi connectivity index (χ1) is 14.2. The van der Waals surface area contributed by atoms with E-state index < -0.39 is 48.5 Å². The van der Waals surface area contributed by atoms with Crippen LogP contribution in [0.25, 0.3) is 11.2 Å². The third-order valence-electron chi connectivity index (χ3n) is 3.80. The number of nitrogens with two attached hydrogens (primary N) is 2. The number of anilines is 2. The predicted octanol–water partition coefficient (Wildman–Crippen LogP) is -1.02. The van der Waals surface area contributed by atoms with E-state index in [4.69, 9.17) is 30.9 Å². The topological polar surface area (TPSA) is 285 Å². The number of rotatable bonds is 8. The number of ether oxygens (including phenoxy) is 1. The van der Waals surface area contributed by atoms with Crippen LogP contribution in [0, 0.1) is 0 Å². The second kappa shape index (κ2) is 8.44. The van der Waals surface area contributed by atoms with Crippen LogP contribution in [0.4, 0.5) is 11.8 Å². The molecule has 31 heavy (non-hydrogen) atoms. The fraction of sp³-hybridized carbons (Fsp3) is 0.500. The molecule has 18 nitrogen and oxygen atoms in total. The smallest absolute Gasteiger partial charge is 0.390 e. The van der Waals surface area contributed by atoms with Gasteiger partial charge in [0.25, 0.3) is 0 Å². The van der Waals surface area contributed by atoms with E-state index in [9.17, 15) is 23.7 Å². The Morgan fingerprint density at radius 2 is 1.81 bits per heavy atom. The van der Waals surface area contributed by atoms with E-state index in [1.54, 1.807) is 0 Å². The minimum absolute atomic E-state index is 0.0176. The van der Waals surface area contributed by atoms with E-state index in [0.29, 0.717) is 0 Å². The molecule has 21 heteroatoms. The minimum atomic E-state index is -5.66. The SMILES string of the molecule is Nc1nc(N)c2ncn([C@H]3C[C@H](O)[C@@H](COP(=O)(O)OP(=O)(O)OP(=O)(O)O)O3)c2n1. The van der Waals surface area contributed by atoms with Gasteiger partial charge in [-0.1, -0.05) is 0 Å². The van der Waals surface area contributed by atoms with Gasteiger partial charge in [-0.15, -0.1) is 0 Å². The fourth-order valence-electron chi connectivity index (χ4n) is 2.67. The summed E-state index contributed by atoms with van der Waals surface area (Å²) in [6.07, 6.45) is -2.06. The summed E-state index contributed by atoms with van der Waals surface area (Å²) < 4.78 is 52.3. The van der Waals surface area contributed by atoms with Gasteiger partial charge >= 0.3 is 23.5 Å². The molecule has 2 aromatic rings. The maximum absolute atomic E-state index is 11.8. The fourth-order valence-corrected chi connectivity index (χ4v) is 5.70. The Morgan fingerprint density at radius 3 is 2.45 bits per heavy atom. The van der Waals surface area contributed by atoms with Gasteiger partial charge in [0.1, 0.15) is 17.8 Å². The minimum Gasteiger partial charge on any atom is -0.390 e. The van der Waals surface area contributed by atoms with Gasteiger partial charge in [-0.2, -0.15) is 18.6 Å². The normalized spacial score (nSPS) is 26.0. The van der Waals surface area contributed by atoms with Gasteiger partial charge in [0.2, 0.25) is 5.95 Å². The molecule has 5 atom stereocenters. The zero-order valence-electron chi connectivity index (χ0n) is 15.1. The highest BCUT2D eigenvalue weighted by Crippen LogP contribution is 2.66. The number of fused-ring (bicyclic) bond motifs is 1. The van der Waals surface area contributed by atoms with Crippen molar-refractivity contribution >= 4 is 46.4 Å². The predicted molar refractivity (Wildman–Crippen MR) is 98.5 cm³/mol. The van der Waals surface area contributed by atoms with Gasteiger partial charge in [0.05, 0.1) is 19.0 Å². The second-order valence-electron chi connectivity index (χ2n) is 6.11. The highest BCUT2D eigenvalue weighted by molar-refractivity contribution is 7.66. The molecule has 0 spiro atoms.